The van der Waals surface area contributed by atoms with Crippen molar-refractivity contribution in [2.45, 2.75) is 6.54 Å². The fourth-order valence-electron chi connectivity index (χ4n) is 2.37. The zero-order valence-electron chi connectivity index (χ0n) is 12.1. The van der Waals surface area contributed by atoms with Gasteiger partial charge in [0.05, 0.1) is 23.8 Å². The minimum Gasteiger partial charge on any atom is -0.355 e. The number of rotatable bonds is 3. The molecule has 1 heterocycles. The lowest BCUT2D eigenvalue weighted by Gasteiger charge is -2.08. The van der Waals surface area contributed by atoms with Gasteiger partial charge >= 0.3 is 0 Å². The van der Waals surface area contributed by atoms with Crippen LogP contribution in [0.4, 0.5) is 0 Å². The Labute approximate surface area is 127 Å². The number of fused-ring (bicyclic) bond motifs is 1. The molecule has 110 valence electrons. The van der Waals surface area contributed by atoms with Gasteiger partial charge in [0.15, 0.2) is 0 Å². The molecule has 0 aliphatic heterocycles. The van der Waals surface area contributed by atoms with Gasteiger partial charge in [-0.2, -0.15) is 0 Å². The van der Waals surface area contributed by atoms with Gasteiger partial charge in [0.1, 0.15) is 0 Å². The smallest absolute Gasteiger partial charge is 0.261 e. The van der Waals surface area contributed by atoms with Crippen LogP contribution in [0.1, 0.15) is 15.9 Å². The van der Waals surface area contributed by atoms with Crippen LogP contribution >= 0.6 is 0 Å². The van der Waals surface area contributed by atoms with Gasteiger partial charge in [0.25, 0.3) is 11.5 Å². The first-order chi connectivity index (χ1) is 10.7. The number of hydrogen-bond donors (Lipinski definition) is 1. The number of para-hydroxylation sites is 1. The predicted octanol–water partition coefficient (Wildman–Crippen LogP) is 1.80. The summed E-state index contributed by atoms with van der Waals surface area (Å²) in [4.78, 5) is 28.4. The first kappa shape index (κ1) is 14.0. The monoisotopic (exact) mass is 293 g/mol. The van der Waals surface area contributed by atoms with E-state index < -0.39 is 0 Å². The Bertz CT molecular complexity index is 900. The molecule has 1 aromatic heterocycles. The molecule has 22 heavy (non-hydrogen) atoms. The second-order valence-electron chi connectivity index (χ2n) is 4.97. The Hall–Kier alpha value is -2.95. The van der Waals surface area contributed by atoms with Crippen LogP contribution < -0.4 is 10.9 Å². The number of carbonyl (C=O) groups excluding carboxylic acids is 1. The number of hydrogen-bond acceptors (Lipinski definition) is 3. The zero-order chi connectivity index (χ0) is 15.5. The molecule has 0 saturated heterocycles. The number of carbonyl (C=O) groups is 1. The van der Waals surface area contributed by atoms with E-state index in [9.17, 15) is 9.59 Å². The van der Waals surface area contributed by atoms with Gasteiger partial charge in [-0.25, -0.2) is 4.98 Å². The van der Waals surface area contributed by atoms with E-state index in [1.165, 1.54) is 6.33 Å². The van der Waals surface area contributed by atoms with Crippen LogP contribution in [0, 0.1) is 0 Å². The number of aromatic nitrogens is 2. The minimum absolute atomic E-state index is 0.0871. The lowest BCUT2D eigenvalue weighted by molar-refractivity contribution is 0.0963. The maximum atomic E-state index is 12.5. The van der Waals surface area contributed by atoms with E-state index in [0.717, 1.165) is 5.56 Å². The van der Waals surface area contributed by atoms with Crippen molar-refractivity contribution in [3.05, 3.63) is 76.3 Å². The molecule has 0 bridgehead atoms. The summed E-state index contributed by atoms with van der Waals surface area (Å²) in [7, 11) is 1.59. The normalized spacial score (nSPS) is 10.6. The number of amides is 1. The molecular formula is C17H15N3O2. The molecule has 0 spiro atoms. The molecule has 0 atom stereocenters. The first-order valence-corrected chi connectivity index (χ1v) is 6.94. The standard InChI is InChI=1S/C17H15N3O2/c1-18-16(21)13-6-4-5-12(9-13)10-20-11-19-15-8-3-2-7-14(15)17(20)22/h2-9,11H,10H2,1H3,(H,18,21). The van der Waals surface area contributed by atoms with E-state index >= 15 is 0 Å². The van der Waals surface area contributed by atoms with Crippen LogP contribution in [0.25, 0.3) is 10.9 Å². The maximum absolute atomic E-state index is 12.5. The predicted molar refractivity (Wildman–Crippen MR) is 84.9 cm³/mol. The summed E-state index contributed by atoms with van der Waals surface area (Å²) in [6.07, 6.45) is 1.54. The van der Waals surface area contributed by atoms with Gasteiger partial charge in [0, 0.05) is 12.6 Å². The van der Waals surface area contributed by atoms with Crippen molar-refractivity contribution in [3.8, 4) is 0 Å². The Balaban J connectivity index is 1.98. The summed E-state index contributed by atoms with van der Waals surface area (Å²) in [5, 5.41) is 3.18. The average molecular weight is 293 g/mol. The Morgan fingerprint density at radius 2 is 2.00 bits per heavy atom. The van der Waals surface area contributed by atoms with Gasteiger partial charge in [-0.1, -0.05) is 24.3 Å². The van der Waals surface area contributed by atoms with E-state index in [1.54, 1.807) is 35.9 Å². The SMILES string of the molecule is CNC(=O)c1cccc(Cn2cnc3ccccc3c2=O)c1. The van der Waals surface area contributed by atoms with Crippen molar-refractivity contribution in [3.63, 3.8) is 0 Å². The van der Waals surface area contributed by atoms with E-state index in [-0.39, 0.29) is 11.5 Å². The third-order valence-corrected chi connectivity index (χ3v) is 3.50. The fraction of sp³-hybridized carbons (Fsp3) is 0.118. The van der Waals surface area contributed by atoms with Crippen molar-refractivity contribution in [2.24, 2.45) is 0 Å². The van der Waals surface area contributed by atoms with Gasteiger partial charge in [-0.05, 0) is 29.8 Å². The van der Waals surface area contributed by atoms with Crippen LogP contribution in [0.5, 0.6) is 0 Å². The van der Waals surface area contributed by atoms with Crippen molar-refractivity contribution in [1.82, 2.24) is 14.9 Å². The molecule has 1 amide bonds. The number of nitrogens with one attached hydrogen (secondary N) is 1. The van der Waals surface area contributed by atoms with Gasteiger partial charge in [-0.3, -0.25) is 14.2 Å². The summed E-state index contributed by atoms with van der Waals surface area (Å²) >= 11 is 0. The van der Waals surface area contributed by atoms with Crippen LogP contribution in [-0.2, 0) is 6.54 Å². The van der Waals surface area contributed by atoms with E-state index in [1.807, 2.05) is 24.3 Å². The molecule has 0 aliphatic rings. The van der Waals surface area contributed by atoms with Gasteiger partial charge < -0.3 is 5.32 Å². The molecule has 0 unspecified atom stereocenters. The molecule has 0 aliphatic carbocycles. The van der Waals surface area contributed by atoms with Crippen molar-refractivity contribution >= 4 is 16.8 Å². The molecule has 2 aromatic carbocycles. The number of benzene rings is 2. The summed E-state index contributed by atoms with van der Waals surface area (Å²) < 4.78 is 1.55. The lowest BCUT2D eigenvalue weighted by atomic mass is 10.1. The highest BCUT2D eigenvalue weighted by Gasteiger charge is 2.06. The van der Waals surface area contributed by atoms with Crippen molar-refractivity contribution in [2.75, 3.05) is 7.05 Å². The fourth-order valence-corrected chi connectivity index (χ4v) is 2.37. The van der Waals surface area contributed by atoms with Gasteiger partial charge in [0.2, 0.25) is 0 Å². The molecule has 0 saturated carbocycles. The third kappa shape index (κ3) is 2.61. The molecule has 0 radical (unpaired) electrons. The third-order valence-electron chi connectivity index (χ3n) is 3.50. The molecule has 5 heteroatoms. The van der Waals surface area contributed by atoms with Crippen LogP contribution in [0.15, 0.2) is 59.7 Å². The highest BCUT2D eigenvalue weighted by atomic mass is 16.1. The van der Waals surface area contributed by atoms with Crippen molar-refractivity contribution in [1.29, 1.82) is 0 Å². The summed E-state index contributed by atoms with van der Waals surface area (Å²) in [5.41, 5.74) is 2.04. The molecule has 5 nitrogen and oxygen atoms in total. The summed E-state index contributed by atoms with van der Waals surface area (Å²) in [6, 6.07) is 14.5. The first-order valence-electron chi connectivity index (χ1n) is 6.94. The van der Waals surface area contributed by atoms with E-state index in [2.05, 4.69) is 10.3 Å². The van der Waals surface area contributed by atoms with Crippen LogP contribution in [-0.4, -0.2) is 22.5 Å². The average Bonchev–Trinajstić information content (AvgIpc) is 2.57. The molecule has 3 aromatic rings. The Morgan fingerprint density at radius 3 is 2.82 bits per heavy atom. The summed E-state index contributed by atoms with van der Waals surface area (Å²) in [5.74, 6) is -0.147. The minimum atomic E-state index is -0.147. The molecule has 3 rings (SSSR count). The number of nitrogens with zero attached hydrogens (tertiary/aromatic N) is 2. The Morgan fingerprint density at radius 1 is 1.18 bits per heavy atom. The second-order valence-corrected chi connectivity index (χ2v) is 4.97. The second kappa shape index (κ2) is 5.81. The van der Waals surface area contributed by atoms with E-state index in [4.69, 9.17) is 0 Å². The molecular weight excluding hydrogens is 278 g/mol. The van der Waals surface area contributed by atoms with Gasteiger partial charge in [-0.15, -0.1) is 0 Å². The zero-order valence-corrected chi connectivity index (χ0v) is 12.1. The maximum Gasteiger partial charge on any atom is 0.261 e. The quantitative estimate of drug-likeness (QED) is 0.801. The lowest BCUT2D eigenvalue weighted by Crippen LogP contribution is -2.22. The Kier molecular flexibility index (Phi) is 3.70. The summed E-state index contributed by atoms with van der Waals surface area (Å²) in [6.45, 7) is 0.376. The van der Waals surface area contributed by atoms with Crippen molar-refractivity contribution < 1.29 is 4.79 Å². The molecule has 1 N–H and O–H groups in total. The van der Waals surface area contributed by atoms with Crippen LogP contribution in [0.3, 0.4) is 0 Å². The van der Waals surface area contributed by atoms with Crippen LogP contribution in [0.2, 0.25) is 0 Å². The highest BCUT2D eigenvalue weighted by Crippen LogP contribution is 2.09. The molecule has 0 fully saturated rings. The van der Waals surface area contributed by atoms with E-state index in [0.29, 0.717) is 23.0 Å². The topological polar surface area (TPSA) is 64.0 Å². The largest absolute Gasteiger partial charge is 0.355 e. The highest BCUT2D eigenvalue weighted by molar-refractivity contribution is 5.94.